The first-order valence-corrected chi connectivity index (χ1v) is 6.38. The summed E-state index contributed by atoms with van der Waals surface area (Å²) in [6.45, 7) is 2.23. The summed E-state index contributed by atoms with van der Waals surface area (Å²) in [4.78, 5) is 11.9. The van der Waals surface area contributed by atoms with Crippen LogP contribution < -0.4 is 5.32 Å². The lowest BCUT2D eigenvalue weighted by atomic mass is 10.1. The lowest BCUT2D eigenvalue weighted by Gasteiger charge is -2.07. The summed E-state index contributed by atoms with van der Waals surface area (Å²) in [5.41, 5.74) is 2.11. The molecule has 0 radical (unpaired) electrons. The number of carbonyl (C=O) groups is 1. The Morgan fingerprint density at radius 3 is 2.55 bits per heavy atom. The Balaban J connectivity index is 1.88. The van der Waals surface area contributed by atoms with E-state index >= 15 is 0 Å². The molecule has 0 aromatic heterocycles. The molecule has 4 heteroatoms. The zero-order valence-electron chi connectivity index (χ0n) is 11.2. The van der Waals surface area contributed by atoms with Crippen molar-refractivity contribution in [1.82, 2.24) is 5.32 Å². The van der Waals surface area contributed by atoms with Gasteiger partial charge in [0.15, 0.2) is 0 Å². The van der Waals surface area contributed by atoms with Gasteiger partial charge in [-0.15, -0.1) is 0 Å². The van der Waals surface area contributed by atoms with Gasteiger partial charge in [0.1, 0.15) is 11.6 Å². The first-order chi connectivity index (χ1) is 9.56. The molecule has 104 valence electrons. The van der Waals surface area contributed by atoms with Crippen LogP contribution in [0.3, 0.4) is 0 Å². The Hall–Kier alpha value is -2.36. The lowest BCUT2D eigenvalue weighted by molar-refractivity contribution is 0.0953. The number of phenols is 1. The van der Waals surface area contributed by atoms with Crippen molar-refractivity contribution in [1.29, 1.82) is 0 Å². The van der Waals surface area contributed by atoms with Crippen LogP contribution in [0.25, 0.3) is 0 Å². The smallest absolute Gasteiger partial charge is 0.251 e. The van der Waals surface area contributed by atoms with Crippen LogP contribution in [0.4, 0.5) is 4.39 Å². The molecule has 0 fully saturated rings. The van der Waals surface area contributed by atoms with E-state index in [0.717, 1.165) is 11.1 Å². The Morgan fingerprint density at radius 1 is 1.20 bits per heavy atom. The number of carbonyl (C=O) groups excluding carboxylic acids is 1. The quantitative estimate of drug-likeness (QED) is 0.900. The number of halogens is 1. The molecule has 2 aromatic carbocycles. The number of aromatic hydroxyl groups is 1. The van der Waals surface area contributed by atoms with Gasteiger partial charge in [0.25, 0.3) is 5.91 Å². The standard InChI is InChI=1S/C16H16FNO2/c1-11-2-5-13(10-15(11)19)16(20)18-9-8-12-3-6-14(17)7-4-12/h2-7,10,19H,8-9H2,1H3,(H,18,20). The Morgan fingerprint density at radius 2 is 1.90 bits per heavy atom. The summed E-state index contributed by atoms with van der Waals surface area (Å²) in [7, 11) is 0. The maximum Gasteiger partial charge on any atom is 0.251 e. The Bertz CT molecular complexity index is 608. The number of amides is 1. The molecule has 0 aliphatic rings. The Labute approximate surface area is 117 Å². The number of rotatable bonds is 4. The third-order valence-corrected chi connectivity index (χ3v) is 3.08. The van der Waals surface area contributed by atoms with E-state index in [1.807, 2.05) is 0 Å². The first-order valence-electron chi connectivity index (χ1n) is 6.38. The van der Waals surface area contributed by atoms with Crippen LogP contribution in [0.2, 0.25) is 0 Å². The van der Waals surface area contributed by atoms with Gasteiger partial charge in [0, 0.05) is 12.1 Å². The molecule has 0 saturated carbocycles. The van der Waals surface area contributed by atoms with Crippen molar-refractivity contribution in [3.8, 4) is 5.75 Å². The molecule has 0 atom stereocenters. The molecule has 2 rings (SSSR count). The minimum atomic E-state index is -0.270. The predicted molar refractivity (Wildman–Crippen MR) is 75.3 cm³/mol. The van der Waals surface area contributed by atoms with E-state index in [2.05, 4.69) is 5.32 Å². The number of benzene rings is 2. The molecule has 2 aromatic rings. The van der Waals surface area contributed by atoms with Crippen molar-refractivity contribution in [2.45, 2.75) is 13.3 Å². The maximum atomic E-state index is 12.7. The van der Waals surface area contributed by atoms with Gasteiger partial charge in [0.05, 0.1) is 0 Å². The minimum Gasteiger partial charge on any atom is -0.508 e. The van der Waals surface area contributed by atoms with Crippen molar-refractivity contribution in [2.24, 2.45) is 0 Å². The number of nitrogens with one attached hydrogen (secondary N) is 1. The zero-order chi connectivity index (χ0) is 14.5. The van der Waals surface area contributed by atoms with E-state index in [1.165, 1.54) is 18.2 Å². The Kier molecular flexibility index (Phi) is 4.35. The fraction of sp³-hybridized carbons (Fsp3) is 0.188. The summed E-state index contributed by atoms with van der Waals surface area (Å²) in [5.74, 6) is -0.397. The number of hydrogen-bond acceptors (Lipinski definition) is 2. The molecule has 1 amide bonds. The fourth-order valence-electron chi connectivity index (χ4n) is 1.82. The summed E-state index contributed by atoms with van der Waals surface area (Å²) in [5, 5.41) is 12.3. The molecule has 0 unspecified atom stereocenters. The topological polar surface area (TPSA) is 49.3 Å². The molecule has 2 N–H and O–H groups in total. The van der Waals surface area contributed by atoms with Crippen molar-refractivity contribution in [3.63, 3.8) is 0 Å². The summed E-state index contributed by atoms with van der Waals surface area (Å²) >= 11 is 0. The highest BCUT2D eigenvalue weighted by atomic mass is 19.1. The highest BCUT2D eigenvalue weighted by Gasteiger charge is 2.07. The van der Waals surface area contributed by atoms with Crippen LogP contribution in [-0.4, -0.2) is 17.6 Å². The molecule has 3 nitrogen and oxygen atoms in total. The third-order valence-electron chi connectivity index (χ3n) is 3.08. The van der Waals surface area contributed by atoms with Gasteiger partial charge >= 0.3 is 0 Å². The van der Waals surface area contributed by atoms with E-state index in [-0.39, 0.29) is 17.5 Å². The zero-order valence-corrected chi connectivity index (χ0v) is 11.2. The van der Waals surface area contributed by atoms with Crippen molar-refractivity contribution in [3.05, 3.63) is 65.0 Å². The molecular formula is C16H16FNO2. The lowest BCUT2D eigenvalue weighted by Crippen LogP contribution is -2.25. The summed E-state index contributed by atoms with van der Waals surface area (Å²) < 4.78 is 12.7. The minimum absolute atomic E-state index is 0.108. The number of aryl methyl sites for hydroxylation is 1. The second-order valence-electron chi connectivity index (χ2n) is 4.63. The highest BCUT2D eigenvalue weighted by molar-refractivity contribution is 5.94. The molecule has 0 bridgehead atoms. The van der Waals surface area contributed by atoms with E-state index < -0.39 is 0 Å². The van der Waals surface area contributed by atoms with Crippen LogP contribution in [0.5, 0.6) is 5.75 Å². The molecule has 0 aliphatic carbocycles. The second-order valence-corrected chi connectivity index (χ2v) is 4.63. The summed E-state index contributed by atoms with van der Waals surface area (Å²) in [6, 6.07) is 11.0. The molecule has 0 aliphatic heterocycles. The summed E-state index contributed by atoms with van der Waals surface area (Å²) in [6.07, 6.45) is 0.629. The van der Waals surface area contributed by atoms with E-state index in [9.17, 15) is 14.3 Å². The van der Waals surface area contributed by atoms with Gasteiger partial charge in [-0.2, -0.15) is 0 Å². The van der Waals surface area contributed by atoms with Crippen LogP contribution in [-0.2, 0) is 6.42 Å². The van der Waals surface area contributed by atoms with Crippen LogP contribution in [0.1, 0.15) is 21.5 Å². The van der Waals surface area contributed by atoms with E-state index in [1.54, 1.807) is 31.2 Å². The van der Waals surface area contributed by atoms with Gasteiger partial charge in [-0.3, -0.25) is 4.79 Å². The largest absolute Gasteiger partial charge is 0.508 e. The van der Waals surface area contributed by atoms with Crippen molar-refractivity contribution >= 4 is 5.91 Å². The van der Waals surface area contributed by atoms with Crippen LogP contribution in [0, 0.1) is 12.7 Å². The van der Waals surface area contributed by atoms with Crippen molar-refractivity contribution < 1.29 is 14.3 Å². The first kappa shape index (κ1) is 14.1. The monoisotopic (exact) mass is 273 g/mol. The molecule has 0 saturated heterocycles. The van der Waals surface area contributed by atoms with Gasteiger partial charge in [-0.05, 0) is 48.7 Å². The van der Waals surface area contributed by atoms with Crippen LogP contribution in [0.15, 0.2) is 42.5 Å². The molecule has 20 heavy (non-hydrogen) atoms. The second kappa shape index (κ2) is 6.19. The molecule has 0 spiro atoms. The van der Waals surface area contributed by atoms with Crippen LogP contribution >= 0.6 is 0 Å². The molecule has 0 heterocycles. The average Bonchev–Trinajstić information content (AvgIpc) is 2.44. The fourth-order valence-corrected chi connectivity index (χ4v) is 1.82. The van der Waals surface area contributed by atoms with Gasteiger partial charge in [0.2, 0.25) is 0 Å². The third kappa shape index (κ3) is 3.57. The number of phenolic OH excluding ortho intramolecular Hbond substituents is 1. The predicted octanol–water partition coefficient (Wildman–Crippen LogP) is 2.81. The maximum absolute atomic E-state index is 12.7. The molecular weight excluding hydrogens is 257 g/mol. The van der Waals surface area contributed by atoms with Crippen molar-refractivity contribution in [2.75, 3.05) is 6.54 Å². The van der Waals surface area contributed by atoms with Gasteiger partial charge < -0.3 is 10.4 Å². The average molecular weight is 273 g/mol. The SMILES string of the molecule is Cc1ccc(C(=O)NCCc2ccc(F)cc2)cc1O. The van der Waals surface area contributed by atoms with Gasteiger partial charge in [-0.1, -0.05) is 18.2 Å². The number of hydrogen-bond donors (Lipinski definition) is 2. The normalized spacial score (nSPS) is 10.3. The van der Waals surface area contributed by atoms with Gasteiger partial charge in [-0.25, -0.2) is 4.39 Å². The highest BCUT2D eigenvalue weighted by Crippen LogP contribution is 2.17. The van der Waals surface area contributed by atoms with E-state index in [4.69, 9.17) is 0 Å². The van der Waals surface area contributed by atoms with E-state index in [0.29, 0.717) is 18.5 Å².